The normalized spacial score (nSPS) is 16.5. The molecule has 1 aliphatic heterocycles. The van der Waals surface area contributed by atoms with Crippen molar-refractivity contribution < 1.29 is 19.5 Å². The number of nitrogens with zero attached hydrogens (tertiary/aromatic N) is 1. The van der Waals surface area contributed by atoms with Crippen LogP contribution in [-0.2, 0) is 9.59 Å². The maximum Gasteiger partial charge on any atom is 0.331 e. The van der Waals surface area contributed by atoms with Gasteiger partial charge in [0.2, 0.25) is 0 Å². The first-order chi connectivity index (χ1) is 13.8. The van der Waals surface area contributed by atoms with Crippen molar-refractivity contribution in [2.24, 2.45) is 0 Å². The minimum absolute atomic E-state index is 0.0222. The highest BCUT2D eigenvalue weighted by Gasteiger charge is 2.43. The Hall–Kier alpha value is -3.29. The number of carbonyl (C=O) groups is 3. The van der Waals surface area contributed by atoms with Gasteiger partial charge in [0.1, 0.15) is 5.70 Å². The minimum Gasteiger partial charge on any atom is -0.479 e. The molecule has 2 aromatic carbocycles. The van der Waals surface area contributed by atoms with Crippen LogP contribution in [0.1, 0.15) is 17.2 Å². The molecule has 3 amide bonds. The Labute approximate surface area is 174 Å². The van der Waals surface area contributed by atoms with E-state index in [0.29, 0.717) is 20.5 Å². The number of urea groups is 1. The lowest BCUT2D eigenvalue weighted by molar-refractivity contribution is -0.146. The van der Waals surface area contributed by atoms with E-state index in [1.54, 1.807) is 24.4 Å². The number of H-pyrrole nitrogens is 1. The fourth-order valence-electron chi connectivity index (χ4n) is 3.23. The first kappa shape index (κ1) is 19.0. The van der Waals surface area contributed by atoms with Crippen LogP contribution in [0.2, 0.25) is 10.0 Å². The van der Waals surface area contributed by atoms with Gasteiger partial charge in [-0.05, 0) is 35.9 Å². The van der Waals surface area contributed by atoms with E-state index in [2.05, 4.69) is 10.3 Å². The summed E-state index contributed by atoms with van der Waals surface area (Å²) in [4.78, 5) is 40.9. The number of rotatable bonds is 4. The van der Waals surface area contributed by atoms with Crippen molar-refractivity contribution in [3.8, 4) is 0 Å². The summed E-state index contributed by atoms with van der Waals surface area (Å²) < 4.78 is 0. The number of aliphatic carboxylic acids is 1. The quantitative estimate of drug-likeness (QED) is 0.427. The number of amides is 3. The second kappa shape index (κ2) is 7.27. The van der Waals surface area contributed by atoms with Crippen molar-refractivity contribution >= 4 is 58.1 Å². The van der Waals surface area contributed by atoms with Crippen LogP contribution in [0.4, 0.5) is 4.79 Å². The van der Waals surface area contributed by atoms with Gasteiger partial charge in [-0.1, -0.05) is 41.4 Å². The van der Waals surface area contributed by atoms with Gasteiger partial charge in [-0.25, -0.2) is 14.5 Å². The fraction of sp³-hybridized carbons (Fsp3) is 0.0500. The number of fused-ring (bicyclic) bond motifs is 1. The van der Waals surface area contributed by atoms with Crippen molar-refractivity contribution in [1.82, 2.24) is 15.2 Å². The van der Waals surface area contributed by atoms with E-state index in [0.717, 1.165) is 10.9 Å². The van der Waals surface area contributed by atoms with Gasteiger partial charge in [0.05, 0.1) is 0 Å². The summed E-state index contributed by atoms with van der Waals surface area (Å²) in [7, 11) is 0. The molecule has 0 aliphatic carbocycles. The summed E-state index contributed by atoms with van der Waals surface area (Å²) in [5, 5.41) is 13.9. The number of carboxylic acids is 1. The zero-order chi connectivity index (χ0) is 20.7. The maximum atomic E-state index is 12.9. The molecule has 2 heterocycles. The third-order valence-corrected chi connectivity index (χ3v) is 5.05. The average molecular weight is 430 g/mol. The van der Waals surface area contributed by atoms with Gasteiger partial charge in [-0.2, -0.15) is 0 Å². The molecule has 1 aromatic heterocycles. The summed E-state index contributed by atoms with van der Waals surface area (Å²) in [6.07, 6.45) is 3.16. The summed E-state index contributed by atoms with van der Waals surface area (Å²) in [6.45, 7) is 0. The molecule has 3 N–H and O–H groups in total. The second-order valence-electron chi connectivity index (χ2n) is 6.39. The zero-order valence-electron chi connectivity index (χ0n) is 14.6. The van der Waals surface area contributed by atoms with Crippen LogP contribution in [0.25, 0.3) is 17.0 Å². The zero-order valence-corrected chi connectivity index (χ0v) is 16.2. The highest BCUT2D eigenvalue weighted by atomic mass is 35.5. The standard InChI is InChI=1S/C20H13Cl2N3O4/c21-12-3-1-10(2-4-12)17(19(27)28)25-18(26)16(24-20(25)29)7-11-9-23-15-8-13(22)5-6-14(11)15/h1-9,17,23H,(H,24,29)(H,27,28)/b16-7-. The molecule has 29 heavy (non-hydrogen) atoms. The Kier molecular flexibility index (Phi) is 4.77. The van der Waals surface area contributed by atoms with E-state index in [4.69, 9.17) is 23.2 Å². The average Bonchev–Trinajstić information content (AvgIpc) is 3.18. The number of nitrogens with one attached hydrogen (secondary N) is 2. The highest BCUT2D eigenvalue weighted by Crippen LogP contribution is 2.29. The summed E-state index contributed by atoms with van der Waals surface area (Å²) in [5.74, 6) is -2.07. The van der Waals surface area contributed by atoms with Crippen LogP contribution in [0.3, 0.4) is 0 Å². The van der Waals surface area contributed by atoms with Crippen molar-refractivity contribution in [2.45, 2.75) is 6.04 Å². The molecule has 0 spiro atoms. The molecule has 1 fully saturated rings. The van der Waals surface area contributed by atoms with Gasteiger partial charge in [-0.3, -0.25) is 4.79 Å². The van der Waals surface area contributed by atoms with Crippen LogP contribution in [-0.4, -0.2) is 32.9 Å². The molecule has 1 aliphatic rings. The number of carbonyl (C=O) groups excluding carboxylic acids is 2. The van der Waals surface area contributed by atoms with Crippen molar-refractivity contribution in [3.05, 3.63) is 75.5 Å². The van der Waals surface area contributed by atoms with Crippen molar-refractivity contribution in [2.75, 3.05) is 0 Å². The molecule has 7 nitrogen and oxygen atoms in total. The number of halogens is 2. The number of hydrogen-bond acceptors (Lipinski definition) is 3. The largest absolute Gasteiger partial charge is 0.479 e. The molecular weight excluding hydrogens is 417 g/mol. The molecule has 4 rings (SSSR count). The van der Waals surface area contributed by atoms with Crippen LogP contribution in [0.5, 0.6) is 0 Å². The lowest BCUT2D eigenvalue weighted by atomic mass is 10.1. The van der Waals surface area contributed by atoms with Crippen LogP contribution in [0.15, 0.2) is 54.4 Å². The lowest BCUT2D eigenvalue weighted by Crippen LogP contribution is -2.39. The molecule has 0 bridgehead atoms. The Balaban J connectivity index is 1.71. The summed E-state index contributed by atoms with van der Waals surface area (Å²) in [6, 6.07) is 8.87. The Morgan fingerprint density at radius 1 is 1.07 bits per heavy atom. The van der Waals surface area contributed by atoms with Crippen LogP contribution >= 0.6 is 23.2 Å². The molecule has 146 valence electrons. The van der Waals surface area contributed by atoms with E-state index < -0.39 is 23.9 Å². The Morgan fingerprint density at radius 2 is 1.76 bits per heavy atom. The Bertz CT molecular complexity index is 1180. The fourth-order valence-corrected chi connectivity index (χ4v) is 3.52. The third-order valence-electron chi connectivity index (χ3n) is 4.56. The second-order valence-corrected chi connectivity index (χ2v) is 7.26. The van der Waals surface area contributed by atoms with E-state index in [9.17, 15) is 19.5 Å². The Morgan fingerprint density at radius 3 is 2.45 bits per heavy atom. The highest BCUT2D eigenvalue weighted by molar-refractivity contribution is 6.31. The van der Waals surface area contributed by atoms with Gasteiger partial charge in [0.25, 0.3) is 5.91 Å². The number of imide groups is 1. The number of carboxylic acid groups (broad SMARTS) is 1. The van der Waals surface area contributed by atoms with E-state index in [-0.39, 0.29) is 11.3 Å². The van der Waals surface area contributed by atoms with Crippen LogP contribution in [0, 0.1) is 0 Å². The summed E-state index contributed by atoms with van der Waals surface area (Å²) in [5.41, 5.74) is 1.66. The molecule has 1 atom stereocenters. The predicted molar refractivity (Wildman–Crippen MR) is 108 cm³/mol. The topological polar surface area (TPSA) is 102 Å². The van der Waals surface area contributed by atoms with Gasteiger partial charge >= 0.3 is 12.0 Å². The van der Waals surface area contributed by atoms with Gasteiger partial charge in [0.15, 0.2) is 6.04 Å². The van der Waals surface area contributed by atoms with Crippen molar-refractivity contribution in [3.63, 3.8) is 0 Å². The monoisotopic (exact) mass is 429 g/mol. The number of benzene rings is 2. The maximum absolute atomic E-state index is 12.9. The molecular formula is C20H13Cl2N3O4. The number of aromatic nitrogens is 1. The first-order valence-corrected chi connectivity index (χ1v) is 9.22. The van der Waals surface area contributed by atoms with Crippen molar-refractivity contribution in [1.29, 1.82) is 0 Å². The van der Waals surface area contributed by atoms with E-state index in [1.165, 1.54) is 30.3 Å². The molecule has 1 saturated heterocycles. The molecule has 0 radical (unpaired) electrons. The molecule has 1 unspecified atom stereocenters. The summed E-state index contributed by atoms with van der Waals surface area (Å²) >= 11 is 11.8. The SMILES string of the molecule is O=C(O)C(c1ccc(Cl)cc1)N1C(=O)N/C(=C\c2c[nH]c3cc(Cl)ccc23)C1=O. The number of hydrogen-bond donors (Lipinski definition) is 3. The predicted octanol–water partition coefficient (Wildman–Crippen LogP) is 4.19. The third kappa shape index (κ3) is 3.46. The van der Waals surface area contributed by atoms with Gasteiger partial charge in [0, 0.05) is 32.7 Å². The number of aromatic amines is 1. The van der Waals surface area contributed by atoms with E-state index in [1.807, 2.05) is 0 Å². The lowest BCUT2D eigenvalue weighted by Gasteiger charge is -2.21. The molecule has 3 aromatic rings. The van der Waals surface area contributed by atoms with Gasteiger partial charge < -0.3 is 15.4 Å². The first-order valence-electron chi connectivity index (χ1n) is 8.46. The molecule has 9 heteroatoms. The van der Waals surface area contributed by atoms with Crippen LogP contribution < -0.4 is 5.32 Å². The molecule has 0 saturated carbocycles. The van der Waals surface area contributed by atoms with E-state index >= 15 is 0 Å². The minimum atomic E-state index is -1.48. The smallest absolute Gasteiger partial charge is 0.331 e. The van der Waals surface area contributed by atoms with Gasteiger partial charge in [-0.15, -0.1) is 0 Å².